The normalized spacial score (nSPS) is 11.0. The van der Waals surface area contributed by atoms with E-state index in [0.717, 1.165) is 23.1 Å². The first-order valence-electron chi connectivity index (χ1n) is 6.69. The molecule has 0 fully saturated rings. The number of hydrogen-bond acceptors (Lipinski definition) is 3. The number of anilines is 1. The molecule has 21 heavy (non-hydrogen) atoms. The first-order chi connectivity index (χ1) is 10.0. The minimum absolute atomic E-state index is 0.0280. The largest absolute Gasteiger partial charge is 0.369 e. The maximum Gasteiger partial charge on any atom is 0.263 e. The summed E-state index contributed by atoms with van der Waals surface area (Å²) in [6.45, 7) is 4.69. The number of aromatic nitrogens is 2. The number of alkyl halides is 2. The molecule has 0 aliphatic carbocycles. The van der Waals surface area contributed by atoms with Gasteiger partial charge in [-0.1, -0.05) is 25.1 Å². The Bertz CT molecular complexity index is 632. The van der Waals surface area contributed by atoms with Crippen LogP contribution in [0.15, 0.2) is 28.7 Å². The van der Waals surface area contributed by atoms with Crippen molar-refractivity contribution >= 4 is 21.7 Å². The Labute approximate surface area is 131 Å². The fourth-order valence-corrected chi connectivity index (χ4v) is 2.18. The van der Waals surface area contributed by atoms with Gasteiger partial charge in [0.25, 0.3) is 6.43 Å². The summed E-state index contributed by atoms with van der Waals surface area (Å²) in [5.74, 6) is 1.12. The van der Waals surface area contributed by atoms with Gasteiger partial charge in [-0.15, -0.1) is 0 Å². The van der Waals surface area contributed by atoms with Crippen LogP contribution < -0.4 is 5.32 Å². The Morgan fingerprint density at radius 3 is 2.71 bits per heavy atom. The van der Waals surface area contributed by atoms with Crippen molar-refractivity contribution in [2.75, 3.05) is 11.9 Å². The highest BCUT2D eigenvalue weighted by Gasteiger charge is 2.13. The van der Waals surface area contributed by atoms with Crippen LogP contribution in [0.1, 0.15) is 31.0 Å². The van der Waals surface area contributed by atoms with Crippen molar-refractivity contribution in [1.82, 2.24) is 9.97 Å². The van der Waals surface area contributed by atoms with Gasteiger partial charge >= 0.3 is 0 Å². The first-order valence-corrected chi connectivity index (χ1v) is 7.48. The third-order valence-electron chi connectivity index (χ3n) is 2.96. The Hall–Kier alpha value is -1.56. The van der Waals surface area contributed by atoms with Crippen molar-refractivity contribution in [3.8, 4) is 11.4 Å². The van der Waals surface area contributed by atoms with Crippen LogP contribution in [0.2, 0.25) is 0 Å². The molecule has 1 N–H and O–H groups in total. The van der Waals surface area contributed by atoms with Crippen LogP contribution in [-0.2, 0) is 0 Å². The van der Waals surface area contributed by atoms with Crippen molar-refractivity contribution in [1.29, 1.82) is 0 Å². The molecular weight excluding hydrogens is 340 g/mol. The van der Waals surface area contributed by atoms with Gasteiger partial charge in [-0.3, -0.25) is 0 Å². The molecule has 0 spiro atoms. The highest BCUT2D eigenvalue weighted by atomic mass is 79.9. The van der Waals surface area contributed by atoms with E-state index in [0.29, 0.717) is 17.2 Å². The topological polar surface area (TPSA) is 37.8 Å². The van der Waals surface area contributed by atoms with Gasteiger partial charge in [0.2, 0.25) is 0 Å². The summed E-state index contributed by atoms with van der Waals surface area (Å²) in [6, 6.07) is 6.15. The van der Waals surface area contributed by atoms with E-state index in [9.17, 15) is 8.78 Å². The van der Waals surface area contributed by atoms with E-state index >= 15 is 0 Å². The second-order valence-corrected chi connectivity index (χ2v) is 5.44. The highest BCUT2D eigenvalue weighted by Crippen LogP contribution is 2.28. The molecular formula is C15H16BrF2N3. The van der Waals surface area contributed by atoms with Crippen LogP contribution >= 0.6 is 15.9 Å². The summed E-state index contributed by atoms with van der Waals surface area (Å²) in [5, 5.41) is 3.20. The SMILES string of the molecule is CCCNc1nc(-c2cccc(C(F)F)c2)nc(C)c1Br. The van der Waals surface area contributed by atoms with Crippen LogP contribution in [0, 0.1) is 6.92 Å². The predicted octanol–water partition coefficient (Wildman–Crippen LogP) is 4.97. The van der Waals surface area contributed by atoms with Crippen LogP contribution in [-0.4, -0.2) is 16.5 Å². The summed E-state index contributed by atoms with van der Waals surface area (Å²) in [7, 11) is 0. The second-order valence-electron chi connectivity index (χ2n) is 4.65. The molecule has 6 heteroatoms. The van der Waals surface area contributed by atoms with Gasteiger partial charge in [0.05, 0.1) is 10.2 Å². The minimum atomic E-state index is -2.50. The van der Waals surface area contributed by atoms with Crippen molar-refractivity contribution < 1.29 is 8.78 Å². The molecule has 0 aliphatic heterocycles. The predicted molar refractivity (Wildman–Crippen MR) is 83.6 cm³/mol. The molecule has 0 atom stereocenters. The molecule has 1 heterocycles. The smallest absolute Gasteiger partial charge is 0.263 e. The number of rotatable bonds is 5. The van der Waals surface area contributed by atoms with E-state index in [1.54, 1.807) is 12.1 Å². The maximum absolute atomic E-state index is 12.8. The molecule has 0 saturated carbocycles. The maximum atomic E-state index is 12.8. The fourth-order valence-electron chi connectivity index (χ4n) is 1.86. The van der Waals surface area contributed by atoms with E-state index in [1.165, 1.54) is 12.1 Å². The Morgan fingerprint density at radius 2 is 2.05 bits per heavy atom. The van der Waals surface area contributed by atoms with Gasteiger partial charge in [-0.2, -0.15) is 0 Å². The summed E-state index contributed by atoms with van der Waals surface area (Å²) >= 11 is 3.45. The second kappa shape index (κ2) is 6.93. The fraction of sp³-hybridized carbons (Fsp3) is 0.333. The third kappa shape index (κ3) is 3.75. The lowest BCUT2D eigenvalue weighted by Gasteiger charge is -2.11. The molecule has 1 aromatic heterocycles. The van der Waals surface area contributed by atoms with Crippen LogP contribution in [0.4, 0.5) is 14.6 Å². The zero-order chi connectivity index (χ0) is 15.4. The minimum Gasteiger partial charge on any atom is -0.369 e. The number of benzene rings is 1. The molecule has 3 nitrogen and oxygen atoms in total. The average Bonchev–Trinajstić information content (AvgIpc) is 2.48. The molecule has 0 aliphatic rings. The summed E-state index contributed by atoms with van der Waals surface area (Å²) in [6.07, 6.45) is -1.54. The van der Waals surface area contributed by atoms with Crippen LogP contribution in [0.25, 0.3) is 11.4 Å². The zero-order valence-corrected chi connectivity index (χ0v) is 13.4. The van der Waals surface area contributed by atoms with Crippen molar-refractivity contribution in [3.05, 3.63) is 40.0 Å². The summed E-state index contributed by atoms with van der Waals surface area (Å²) < 4.78 is 26.4. The van der Waals surface area contributed by atoms with Crippen molar-refractivity contribution in [3.63, 3.8) is 0 Å². The van der Waals surface area contributed by atoms with Crippen molar-refractivity contribution in [2.24, 2.45) is 0 Å². The number of nitrogens with one attached hydrogen (secondary N) is 1. The molecule has 0 bridgehead atoms. The quantitative estimate of drug-likeness (QED) is 0.822. The molecule has 2 rings (SSSR count). The Morgan fingerprint density at radius 1 is 1.29 bits per heavy atom. The monoisotopic (exact) mass is 355 g/mol. The average molecular weight is 356 g/mol. The molecule has 1 aromatic carbocycles. The highest BCUT2D eigenvalue weighted by molar-refractivity contribution is 9.10. The van der Waals surface area contributed by atoms with E-state index in [-0.39, 0.29) is 5.56 Å². The lowest BCUT2D eigenvalue weighted by Crippen LogP contribution is -2.06. The van der Waals surface area contributed by atoms with Gasteiger partial charge < -0.3 is 5.32 Å². The van der Waals surface area contributed by atoms with Crippen molar-refractivity contribution in [2.45, 2.75) is 26.7 Å². The molecule has 2 aromatic rings. The van der Waals surface area contributed by atoms with E-state index in [4.69, 9.17) is 0 Å². The van der Waals surface area contributed by atoms with E-state index in [1.807, 2.05) is 6.92 Å². The molecule has 0 saturated heterocycles. The van der Waals surface area contributed by atoms with Gasteiger partial charge in [0.15, 0.2) is 5.82 Å². The molecule has 0 amide bonds. The van der Waals surface area contributed by atoms with E-state index in [2.05, 4.69) is 38.1 Å². The van der Waals surface area contributed by atoms with Crippen LogP contribution in [0.5, 0.6) is 0 Å². The van der Waals surface area contributed by atoms with Gasteiger partial charge in [-0.25, -0.2) is 18.7 Å². The number of nitrogens with zero attached hydrogens (tertiary/aromatic N) is 2. The Balaban J connectivity index is 2.44. The van der Waals surface area contributed by atoms with Gasteiger partial charge in [0, 0.05) is 17.7 Å². The molecule has 0 unspecified atom stereocenters. The Kier molecular flexibility index (Phi) is 5.22. The standard InChI is InChI=1S/C15H16BrF2N3/c1-3-7-19-15-12(16)9(2)20-14(21-15)11-6-4-5-10(8-11)13(17)18/h4-6,8,13H,3,7H2,1-2H3,(H,19,20,21). The zero-order valence-electron chi connectivity index (χ0n) is 11.8. The lowest BCUT2D eigenvalue weighted by atomic mass is 10.1. The summed E-state index contributed by atoms with van der Waals surface area (Å²) in [5.41, 5.74) is 1.32. The number of halogens is 3. The lowest BCUT2D eigenvalue weighted by molar-refractivity contribution is 0.151. The molecule has 112 valence electrons. The number of aryl methyl sites for hydroxylation is 1. The van der Waals surface area contributed by atoms with Crippen LogP contribution in [0.3, 0.4) is 0 Å². The van der Waals surface area contributed by atoms with Gasteiger partial charge in [-0.05, 0) is 35.3 Å². The first kappa shape index (κ1) is 15.8. The number of hydrogen-bond donors (Lipinski definition) is 1. The molecule has 0 radical (unpaired) electrons. The van der Waals surface area contributed by atoms with Gasteiger partial charge in [0.1, 0.15) is 5.82 Å². The van der Waals surface area contributed by atoms with E-state index < -0.39 is 6.43 Å². The summed E-state index contributed by atoms with van der Waals surface area (Å²) in [4.78, 5) is 8.80. The third-order valence-corrected chi connectivity index (χ3v) is 3.91.